The Morgan fingerprint density at radius 1 is 1.48 bits per heavy atom. The van der Waals surface area contributed by atoms with Gasteiger partial charge in [-0.05, 0) is 31.0 Å². The molecule has 0 radical (unpaired) electrons. The largest absolute Gasteiger partial charge is 0.383 e. The number of amides is 1. The zero-order valence-electron chi connectivity index (χ0n) is 12.1. The third-order valence-corrected chi connectivity index (χ3v) is 3.71. The van der Waals surface area contributed by atoms with Gasteiger partial charge in [0, 0.05) is 32.8 Å². The SMILES string of the molecule is COCCN1CCC(CNC(=O)c2ccc(F)cc2F)C1. The molecule has 1 saturated heterocycles. The number of carbonyl (C=O) groups is 1. The Hall–Kier alpha value is -1.53. The lowest BCUT2D eigenvalue weighted by Gasteiger charge is -2.15. The average molecular weight is 298 g/mol. The molecular formula is C15H20F2N2O2. The number of likely N-dealkylation sites (tertiary alicyclic amines) is 1. The summed E-state index contributed by atoms with van der Waals surface area (Å²) in [6.07, 6.45) is 0.996. The number of rotatable bonds is 6. The number of benzene rings is 1. The van der Waals surface area contributed by atoms with Crippen molar-refractivity contribution in [2.75, 3.05) is 39.9 Å². The van der Waals surface area contributed by atoms with Crippen LogP contribution in [-0.2, 0) is 4.74 Å². The number of ether oxygens (including phenoxy) is 1. The van der Waals surface area contributed by atoms with Gasteiger partial charge in [-0.25, -0.2) is 8.78 Å². The van der Waals surface area contributed by atoms with Crippen LogP contribution in [0, 0.1) is 17.6 Å². The van der Waals surface area contributed by atoms with Gasteiger partial charge in [0.15, 0.2) is 0 Å². The van der Waals surface area contributed by atoms with Crippen LogP contribution >= 0.6 is 0 Å². The van der Waals surface area contributed by atoms with Gasteiger partial charge in [0.2, 0.25) is 0 Å². The molecule has 0 saturated carbocycles. The van der Waals surface area contributed by atoms with E-state index in [0.717, 1.165) is 38.2 Å². The second kappa shape index (κ2) is 7.47. The predicted octanol–water partition coefficient (Wildman–Crippen LogP) is 1.66. The topological polar surface area (TPSA) is 41.6 Å². The summed E-state index contributed by atoms with van der Waals surface area (Å²) in [5.41, 5.74) is -0.120. The monoisotopic (exact) mass is 298 g/mol. The van der Waals surface area contributed by atoms with E-state index in [1.165, 1.54) is 6.07 Å². The fraction of sp³-hybridized carbons (Fsp3) is 0.533. The minimum absolute atomic E-state index is 0.120. The zero-order valence-corrected chi connectivity index (χ0v) is 12.1. The number of hydrogen-bond donors (Lipinski definition) is 1. The third kappa shape index (κ3) is 4.47. The normalized spacial score (nSPS) is 18.9. The molecule has 1 atom stereocenters. The first-order valence-electron chi connectivity index (χ1n) is 7.04. The van der Waals surface area contributed by atoms with Crippen molar-refractivity contribution < 1.29 is 18.3 Å². The molecular weight excluding hydrogens is 278 g/mol. The summed E-state index contributed by atoms with van der Waals surface area (Å²) in [5, 5.41) is 2.72. The van der Waals surface area contributed by atoms with E-state index < -0.39 is 17.5 Å². The highest BCUT2D eigenvalue weighted by Crippen LogP contribution is 2.15. The van der Waals surface area contributed by atoms with E-state index in [1.54, 1.807) is 7.11 Å². The second-order valence-electron chi connectivity index (χ2n) is 5.28. The summed E-state index contributed by atoms with van der Waals surface area (Å²) in [4.78, 5) is 14.2. The van der Waals surface area contributed by atoms with Gasteiger partial charge in [0.1, 0.15) is 11.6 Å². The average Bonchev–Trinajstić information content (AvgIpc) is 2.90. The van der Waals surface area contributed by atoms with Crippen molar-refractivity contribution in [2.24, 2.45) is 5.92 Å². The van der Waals surface area contributed by atoms with Gasteiger partial charge in [0.05, 0.1) is 12.2 Å². The van der Waals surface area contributed by atoms with Crippen molar-refractivity contribution in [3.8, 4) is 0 Å². The van der Waals surface area contributed by atoms with E-state index >= 15 is 0 Å². The lowest BCUT2D eigenvalue weighted by atomic mass is 10.1. The minimum atomic E-state index is -0.833. The molecule has 1 unspecified atom stereocenters. The maximum Gasteiger partial charge on any atom is 0.254 e. The molecule has 0 bridgehead atoms. The van der Waals surface area contributed by atoms with E-state index in [0.29, 0.717) is 19.1 Å². The Kier molecular flexibility index (Phi) is 5.64. The van der Waals surface area contributed by atoms with E-state index in [-0.39, 0.29) is 5.56 Å². The number of methoxy groups -OCH3 is 1. The fourth-order valence-electron chi connectivity index (χ4n) is 2.51. The van der Waals surface area contributed by atoms with E-state index in [2.05, 4.69) is 10.2 Å². The first kappa shape index (κ1) is 15.9. The number of halogens is 2. The van der Waals surface area contributed by atoms with Crippen LogP contribution < -0.4 is 5.32 Å². The molecule has 2 rings (SSSR count). The zero-order chi connectivity index (χ0) is 15.2. The van der Waals surface area contributed by atoms with Crippen molar-refractivity contribution in [3.05, 3.63) is 35.4 Å². The van der Waals surface area contributed by atoms with Gasteiger partial charge >= 0.3 is 0 Å². The summed E-state index contributed by atoms with van der Waals surface area (Å²) >= 11 is 0. The Morgan fingerprint density at radius 2 is 2.29 bits per heavy atom. The molecule has 0 aliphatic carbocycles. The van der Waals surface area contributed by atoms with Crippen LogP contribution in [0.15, 0.2) is 18.2 Å². The number of hydrogen-bond acceptors (Lipinski definition) is 3. The van der Waals surface area contributed by atoms with Crippen LogP contribution in [0.4, 0.5) is 8.78 Å². The first-order valence-corrected chi connectivity index (χ1v) is 7.04. The fourth-order valence-corrected chi connectivity index (χ4v) is 2.51. The first-order chi connectivity index (χ1) is 10.1. The molecule has 116 valence electrons. The van der Waals surface area contributed by atoms with Gasteiger partial charge < -0.3 is 15.0 Å². The van der Waals surface area contributed by atoms with Crippen LogP contribution in [0.3, 0.4) is 0 Å². The van der Waals surface area contributed by atoms with Crippen molar-refractivity contribution in [1.82, 2.24) is 10.2 Å². The maximum absolute atomic E-state index is 13.5. The highest BCUT2D eigenvalue weighted by molar-refractivity contribution is 5.94. The summed E-state index contributed by atoms with van der Waals surface area (Å²) in [5.74, 6) is -1.66. The summed E-state index contributed by atoms with van der Waals surface area (Å²) in [7, 11) is 1.67. The molecule has 1 aliphatic heterocycles. The smallest absolute Gasteiger partial charge is 0.254 e. The van der Waals surface area contributed by atoms with Crippen LogP contribution in [0.5, 0.6) is 0 Å². The van der Waals surface area contributed by atoms with E-state index in [4.69, 9.17) is 4.74 Å². The predicted molar refractivity (Wildman–Crippen MR) is 75.1 cm³/mol. The number of nitrogens with one attached hydrogen (secondary N) is 1. The molecule has 1 N–H and O–H groups in total. The van der Waals surface area contributed by atoms with Gasteiger partial charge in [-0.15, -0.1) is 0 Å². The van der Waals surface area contributed by atoms with Gasteiger partial charge in [0.25, 0.3) is 5.91 Å². The quantitative estimate of drug-likeness (QED) is 0.868. The maximum atomic E-state index is 13.5. The molecule has 4 nitrogen and oxygen atoms in total. The standard InChI is InChI=1S/C15H20F2N2O2/c1-21-7-6-19-5-4-11(10-19)9-18-15(20)13-3-2-12(16)8-14(13)17/h2-3,8,11H,4-7,9-10H2,1H3,(H,18,20). The van der Waals surface area contributed by atoms with Crippen LogP contribution in [-0.4, -0.2) is 50.7 Å². The Balaban J connectivity index is 1.79. The lowest BCUT2D eigenvalue weighted by molar-refractivity contribution is 0.0942. The van der Waals surface area contributed by atoms with Crippen molar-refractivity contribution in [3.63, 3.8) is 0 Å². The number of nitrogens with zero attached hydrogens (tertiary/aromatic N) is 1. The molecule has 0 aromatic heterocycles. The molecule has 0 spiro atoms. The second-order valence-corrected chi connectivity index (χ2v) is 5.28. The molecule has 1 fully saturated rings. The molecule has 6 heteroatoms. The van der Waals surface area contributed by atoms with Crippen molar-refractivity contribution in [1.29, 1.82) is 0 Å². The molecule has 1 heterocycles. The summed E-state index contributed by atoms with van der Waals surface area (Å²) in [6.45, 7) is 3.96. The minimum Gasteiger partial charge on any atom is -0.383 e. The van der Waals surface area contributed by atoms with E-state index in [1.807, 2.05) is 0 Å². The lowest BCUT2D eigenvalue weighted by Crippen LogP contribution is -2.32. The van der Waals surface area contributed by atoms with E-state index in [9.17, 15) is 13.6 Å². The van der Waals surface area contributed by atoms with Crippen LogP contribution in [0.25, 0.3) is 0 Å². The van der Waals surface area contributed by atoms with Crippen molar-refractivity contribution in [2.45, 2.75) is 6.42 Å². The van der Waals surface area contributed by atoms with Gasteiger partial charge in [-0.3, -0.25) is 4.79 Å². The summed E-state index contributed by atoms with van der Waals surface area (Å²) in [6, 6.07) is 2.97. The number of carbonyl (C=O) groups excluding carboxylic acids is 1. The van der Waals surface area contributed by atoms with Crippen LogP contribution in [0.2, 0.25) is 0 Å². The van der Waals surface area contributed by atoms with Gasteiger partial charge in [-0.2, -0.15) is 0 Å². The molecule has 21 heavy (non-hydrogen) atoms. The van der Waals surface area contributed by atoms with Crippen LogP contribution in [0.1, 0.15) is 16.8 Å². The summed E-state index contributed by atoms with van der Waals surface area (Å²) < 4.78 is 31.3. The Bertz CT molecular complexity index is 497. The third-order valence-electron chi connectivity index (χ3n) is 3.71. The highest BCUT2D eigenvalue weighted by Gasteiger charge is 2.23. The van der Waals surface area contributed by atoms with Gasteiger partial charge in [-0.1, -0.05) is 0 Å². The molecule has 1 amide bonds. The molecule has 1 aromatic rings. The van der Waals surface area contributed by atoms with Crippen molar-refractivity contribution >= 4 is 5.91 Å². The Labute approximate surface area is 123 Å². The highest BCUT2D eigenvalue weighted by atomic mass is 19.1. The Morgan fingerprint density at radius 3 is 3.00 bits per heavy atom. The molecule has 1 aliphatic rings. The molecule has 1 aromatic carbocycles.